The third kappa shape index (κ3) is 4.52. The first kappa shape index (κ1) is 25.4. The number of likely N-dealkylation sites (tertiary alicyclic amines) is 1. The summed E-state index contributed by atoms with van der Waals surface area (Å²) in [4.78, 5) is 43.2. The summed E-state index contributed by atoms with van der Waals surface area (Å²) in [5.41, 5.74) is -0.456. The molecule has 6 unspecified atom stereocenters. The van der Waals surface area contributed by atoms with Gasteiger partial charge in [0.05, 0.1) is 24.0 Å². The van der Waals surface area contributed by atoms with Crippen LogP contribution < -0.4 is 5.32 Å². The Kier molecular flexibility index (Phi) is 6.85. The number of carbonyl (C=O) groups excluding carboxylic acids is 3. The molecule has 4 aliphatic heterocycles. The first-order valence-corrected chi connectivity index (χ1v) is 14.2. The molecule has 6 rings (SSSR count). The maximum Gasteiger partial charge on any atom is 0.246 e. The van der Waals surface area contributed by atoms with Crippen LogP contribution in [-0.4, -0.2) is 65.5 Å². The fourth-order valence-corrected chi connectivity index (χ4v) is 7.67. The highest BCUT2D eigenvalue weighted by molar-refractivity contribution is 6.34. The number of carbonyl (C=O) groups is 3. The zero-order valence-corrected chi connectivity index (χ0v) is 22.2. The fraction of sp³-hybridized carbons (Fsp3) is 0.607. The number of ether oxygens (including phenoxy) is 2. The van der Waals surface area contributed by atoms with Crippen LogP contribution in [0.25, 0.3) is 0 Å². The van der Waals surface area contributed by atoms with Crippen molar-refractivity contribution >= 4 is 40.8 Å². The first-order valence-electron chi connectivity index (χ1n) is 13.4. The molecule has 4 fully saturated rings. The van der Waals surface area contributed by atoms with Crippen molar-refractivity contribution in [3.8, 4) is 0 Å². The van der Waals surface area contributed by atoms with Gasteiger partial charge in [-0.2, -0.15) is 0 Å². The van der Waals surface area contributed by atoms with Gasteiger partial charge in [-0.15, -0.1) is 0 Å². The lowest BCUT2D eigenvalue weighted by atomic mass is 9.72. The largest absolute Gasteiger partial charge is 0.376 e. The second kappa shape index (κ2) is 9.99. The van der Waals surface area contributed by atoms with E-state index in [0.29, 0.717) is 28.8 Å². The molecule has 0 radical (unpaired) electrons. The van der Waals surface area contributed by atoms with Gasteiger partial charge in [0.15, 0.2) is 0 Å². The number of hydrogen-bond acceptors (Lipinski definition) is 5. The third-order valence-corrected chi connectivity index (χ3v) is 9.11. The highest BCUT2D eigenvalue weighted by atomic mass is 35.5. The van der Waals surface area contributed by atoms with Crippen molar-refractivity contribution in [2.75, 3.05) is 13.2 Å². The number of benzene rings is 1. The lowest BCUT2D eigenvalue weighted by Gasteiger charge is -2.34. The molecule has 3 saturated heterocycles. The molecule has 198 valence electrons. The van der Waals surface area contributed by atoms with E-state index in [4.69, 9.17) is 32.7 Å². The Morgan fingerprint density at radius 1 is 1.05 bits per heavy atom. The highest BCUT2D eigenvalue weighted by Crippen LogP contribution is 2.55. The average molecular weight is 547 g/mol. The lowest BCUT2D eigenvalue weighted by Crippen LogP contribution is -2.57. The normalized spacial score (nSPS) is 34.8. The average Bonchev–Trinajstić information content (AvgIpc) is 3.62. The van der Waals surface area contributed by atoms with Gasteiger partial charge in [0.2, 0.25) is 11.8 Å². The molecule has 2 amide bonds. The molecule has 6 atom stereocenters. The molecule has 1 aromatic carbocycles. The Morgan fingerprint density at radius 2 is 1.81 bits per heavy atom. The van der Waals surface area contributed by atoms with Crippen molar-refractivity contribution in [2.45, 2.75) is 81.3 Å². The van der Waals surface area contributed by atoms with Gasteiger partial charge >= 0.3 is 0 Å². The van der Waals surface area contributed by atoms with E-state index in [-0.39, 0.29) is 36.2 Å². The van der Waals surface area contributed by atoms with Gasteiger partial charge in [-0.25, -0.2) is 0 Å². The minimum absolute atomic E-state index is 0.0865. The Labute approximate surface area is 226 Å². The Hall–Kier alpha value is -1.93. The molecular formula is C28H32Cl2N2O5. The van der Waals surface area contributed by atoms with Gasteiger partial charge < -0.3 is 19.7 Å². The minimum atomic E-state index is -1.15. The van der Waals surface area contributed by atoms with E-state index >= 15 is 0 Å². The van der Waals surface area contributed by atoms with E-state index in [2.05, 4.69) is 5.32 Å². The summed E-state index contributed by atoms with van der Waals surface area (Å²) in [6.45, 7) is 0.981. The van der Waals surface area contributed by atoms with Crippen molar-refractivity contribution in [2.24, 2.45) is 11.8 Å². The number of nitrogens with zero attached hydrogens (tertiary/aromatic N) is 1. The summed E-state index contributed by atoms with van der Waals surface area (Å²) in [6.07, 6.45) is 10.2. The number of amides is 2. The molecule has 1 N–H and O–H groups in total. The molecule has 37 heavy (non-hydrogen) atoms. The molecule has 2 bridgehead atoms. The zero-order chi connectivity index (χ0) is 25.7. The van der Waals surface area contributed by atoms with E-state index in [1.165, 1.54) is 6.42 Å². The van der Waals surface area contributed by atoms with Crippen LogP contribution in [0.4, 0.5) is 0 Å². The van der Waals surface area contributed by atoms with E-state index in [0.717, 1.165) is 38.5 Å². The van der Waals surface area contributed by atoms with E-state index in [1.807, 2.05) is 12.2 Å². The van der Waals surface area contributed by atoms with Crippen molar-refractivity contribution in [1.29, 1.82) is 0 Å². The minimum Gasteiger partial charge on any atom is -0.376 e. The number of rotatable bonds is 7. The van der Waals surface area contributed by atoms with Crippen molar-refractivity contribution in [1.82, 2.24) is 10.2 Å². The summed E-state index contributed by atoms with van der Waals surface area (Å²) in [5.74, 6) is -1.92. The van der Waals surface area contributed by atoms with Crippen LogP contribution in [0.15, 0.2) is 30.4 Å². The molecule has 1 aliphatic carbocycles. The summed E-state index contributed by atoms with van der Waals surface area (Å²) < 4.78 is 12.3. The van der Waals surface area contributed by atoms with Crippen molar-refractivity contribution in [3.63, 3.8) is 0 Å². The first-order chi connectivity index (χ1) is 17.9. The number of halogens is 2. The Morgan fingerprint density at radius 3 is 2.51 bits per heavy atom. The molecular weight excluding hydrogens is 515 g/mol. The molecule has 1 saturated carbocycles. The van der Waals surface area contributed by atoms with Gasteiger partial charge in [0.25, 0.3) is 0 Å². The summed E-state index contributed by atoms with van der Waals surface area (Å²) in [6, 6.07) is 4.32. The number of ketones is 1. The fourth-order valence-electron chi connectivity index (χ4n) is 7.10. The molecule has 1 aromatic rings. The van der Waals surface area contributed by atoms with Crippen LogP contribution in [0.5, 0.6) is 0 Å². The van der Waals surface area contributed by atoms with Crippen LogP contribution in [0.2, 0.25) is 10.0 Å². The standard InChI is InChI=1S/C28H32Cl2N2O5/c29-17-11-16(12-18(30)14-17)13-21(33)23-22-8-9-28(37-22)24(23)27(35)32(15-20-7-4-10-36-20)25(28)26(34)31-19-5-2-1-3-6-19/h8-9,11-12,14,19-20,22-25H,1-7,10,13,15H2,(H,31,34). The maximum atomic E-state index is 14.0. The van der Waals surface area contributed by atoms with Gasteiger partial charge in [-0.1, -0.05) is 54.6 Å². The molecule has 5 aliphatic rings. The van der Waals surface area contributed by atoms with Crippen molar-refractivity contribution in [3.05, 3.63) is 46.0 Å². The molecule has 4 heterocycles. The van der Waals surface area contributed by atoms with Gasteiger partial charge in [0.1, 0.15) is 17.4 Å². The van der Waals surface area contributed by atoms with Crippen LogP contribution in [0, 0.1) is 11.8 Å². The van der Waals surface area contributed by atoms with E-state index < -0.39 is 29.6 Å². The predicted molar refractivity (Wildman–Crippen MR) is 138 cm³/mol. The van der Waals surface area contributed by atoms with Crippen molar-refractivity contribution < 1.29 is 23.9 Å². The van der Waals surface area contributed by atoms with Gasteiger partial charge in [0, 0.05) is 35.7 Å². The van der Waals surface area contributed by atoms with Gasteiger partial charge in [-0.05, 0) is 49.4 Å². The third-order valence-electron chi connectivity index (χ3n) is 8.67. The SMILES string of the molecule is O=C(Cc1cc(Cl)cc(Cl)c1)C1C2C=CC3(O2)C1C(=O)N(CC1CCCO1)C3C(=O)NC1CCCCC1. The number of Topliss-reactive ketones (excluding diaryl/α,β-unsaturated/α-hetero) is 1. The quantitative estimate of drug-likeness (QED) is 0.524. The number of fused-ring (bicyclic) bond motifs is 1. The van der Waals surface area contributed by atoms with Gasteiger partial charge in [-0.3, -0.25) is 14.4 Å². The Balaban J connectivity index is 1.30. The van der Waals surface area contributed by atoms with Crippen LogP contribution in [-0.2, 0) is 30.3 Å². The lowest BCUT2D eigenvalue weighted by molar-refractivity contribution is -0.143. The summed E-state index contributed by atoms with van der Waals surface area (Å²) in [5, 5.41) is 4.13. The topological polar surface area (TPSA) is 84.9 Å². The molecule has 9 heteroatoms. The van der Waals surface area contributed by atoms with E-state index in [1.54, 1.807) is 23.1 Å². The monoisotopic (exact) mass is 546 g/mol. The summed E-state index contributed by atoms with van der Waals surface area (Å²) in [7, 11) is 0. The number of hydrogen-bond donors (Lipinski definition) is 1. The van der Waals surface area contributed by atoms with E-state index in [9.17, 15) is 14.4 Å². The van der Waals surface area contributed by atoms with Crippen LogP contribution >= 0.6 is 23.2 Å². The smallest absolute Gasteiger partial charge is 0.246 e. The van der Waals surface area contributed by atoms with Crippen LogP contribution in [0.3, 0.4) is 0 Å². The number of nitrogens with one attached hydrogen (secondary N) is 1. The molecule has 1 spiro atoms. The second-order valence-electron chi connectivity index (χ2n) is 11.1. The zero-order valence-electron chi connectivity index (χ0n) is 20.7. The second-order valence-corrected chi connectivity index (χ2v) is 12.0. The Bertz CT molecular complexity index is 1110. The highest BCUT2D eigenvalue weighted by Gasteiger charge is 2.72. The summed E-state index contributed by atoms with van der Waals surface area (Å²) >= 11 is 12.3. The van der Waals surface area contributed by atoms with Crippen LogP contribution in [0.1, 0.15) is 50.5 Å². The predicted octanol–water partition coefficient (Wildman–Crippen LogP) is 3.88. The molecule has 0 aromatic heterocycles. The molecule has 7 nitrogen and oxygen atoms in total. The maximum absolute atomic E-state index is 14.0.